The molecule has 0 aliphatic rings. The molecule has 5 aromatic rings. The van der Waals surface area contributed by atoms with Crippen LogP contribution in [0, 0.1) is 0 Å². The zero-order valence-electron chi connectivity index (χ0n) is 16.5. The lowest BCUT2D eigenvalue weighted by Crippen LogP contribution is -2.14. The van der Waals surface area contributed by atoms with E-state index >= 15 is 0 Å². The fourth-order valence-electron chi connectivity index (χ4n) is 3.37. The summed E-state index contributed by atoms with van der Waals surface area (Å²) in [6.07, 6.45) is 0.569. The number of carbonyl (C=O) groups is 1. The SMILES string of the molecule is O=C(Nc1ccccc1-c1nc(Cc2ccccc2)no1)c1ccc2ccccc2n1. The zero-order valence-corrected chi connectivity index (χ0v) is 16.5. The summed E-state index contributed by atoms with van der Waals surface area (Å²) in [5.74, 6) is 0.633. The van der Waals surface area contributed by atoms with E-state index in [0.717, 1.165) is 16.5 Å². The van der Waals surface area contributed by atoms with Gasteiger partial charge >= 0.3 is 0 Å². The van der Waals surface area contributed by atoms with Gasteiger partial charge in [-0.1, -0.05) is 71.9 Å². The van der Waals surface area contributed by atoms with E-state index in [1.807, 2.05) is 78.9 Å². The fourth-order valence-corrected chi connectivity index (χ4v) is 3.37. The van der Waals surface area contributed by atoms with Crippen molar-refractivity contribution < 1.29 is 9.32 Å². The molecule has 1 N–H and O–H groups in total. The molecule has 3 aromatic carbocycles. The Balaban J connectivity index is 1.39. The van der Waals surface area contributed by atoms with Gasteiger partial charge in [-0.3, -0.25) is 4.79 Å². The predicted octanol–water partition coefficient (Wildman–Crippen LogP) is 5.13. The van der Waals surface area contributed by atoms with E-state index in [1.165, 1.54) is 0 Å². The number of hydrogen-bond donors (Lipinski definition) is 1. The maximum Gasteiger partial charge on any atom is 0.274 e. The van der Waals surface area contributed by atoms with Crippen LogP contribution in [-0.2, 0) is 6.42 Å². The first-order chi connectivity index (χ1) is 15.3. The van der Waals surface area contributed by atoms with Crippen molar-refractivity contribution in [3.8, 4) is 11.5 Å². The molecule has 0 radical (unpaired) electrons. The van der Waals surface area contributed by atoms with Crippen LogP contribution < -0.4 is 5.32 Å². The number of anilines is 1. The molecule has 0 atom stereocenters. The number of rotatable bonds is 5. The first-order valence-corrected chi connectivity index (χ1v) is 9.89. The molecule has 0 saturated carbocycles. The molecule has 0 saturated heterocycles. The lowest BCUT2D eigenvalue weighted by atomic mass is 10.1. The Morgan fingerprint density at radius 3 is 2.48 bits per heavy atom. The predicted molar refractivity (Wildman–Crippen MR) is 119 cm³/mol. The van der Waals surface area contributed by atoms with E-state index in [4.69, 9.17) is 4.52 Å². The highest BCUT2D eigenvalue weighted by atomic mass is 16.5. The Morgan fingerprint density at radius 2 is 1.58 bits per heavy atom. The third-order valence-electron chi connectivity index (χ3n) is 4.91. The average molecular weight is 406 g/mol. The van der Waals surface area contributed by atoms with Crippen LogP contribution in [0.3, 0.4) is 0 Å². The number of hydrogen-bond acceptors (Lipinski definition) is 5. The highest BCUT2D eigenvalue weighted by molar-refractivity contribution is 6.05. The van der Waals surface area contributed by atoms with Gasteiger partial charge in [0.15, 0.2) is 5.82 Å². The van der Waals surface area contributed by atoms with Crippen LogP contribution in [0.5, 0.6) is 0 Å². The summed E-state index contributed by atoms with van der Waals surface area (Å²) in [6, 6.07) is 28.6. The fraction of sp³-hybridized carbons (Fsp3) is 0.0400. The van der Waals surface area contributed by atoms with E-state index in [-0.39, 0.29) is 5.91 Å². The summed E-state index contributed by atoms with van der Waals surface area (Å²) in [6.45, 7) is 0. The molecule has 0 bridgehead atoms. The topological polar surface area (TPSA) is 80.9 Å². The minimum Gasteiger partial charge on any atom is -0.334 e. The number of aromatic nitrogens is 3. The van der Waals surface area contributed by atoms with Gasteiger partial charge in [0.2, 0.25) is 0 Å². The van der Waals surface area contributed by atoms with Crippen LogP contribution in [0.25, 0.3) is 22.4 Å². The third kappa shape index (κ3) is 4.04. The van der Waals surface area contributed by atoms with E-state index in [1.54, 1.807) is 12.1 Å². The highest BCUT2D eigenvalue weighted by Gasteiger charge is 2.16. The Kier molecular flexibility index (Phi) is 4.94. The molecule has 6 heteroatoms. The maximum absolute atomic E-state index is 12.8. The number of pyridine rings is 1. The number of amides is 1. The second-order valence-electron chi connectivity index (χ2n) is 7.07. The lowest BCUT2D eigenvalue weighted by Gasteiger charge is -2.08. The van der Waals surface area contributed by atoms with Crippen LogP contribution in [0.15, 0.2) is 95.5 Å². The monoisotopic (exact) mass is 406 g/mol. The van der Waals surface area contributed by atoms with Gasteiger partial charge in [-0.05, 0) is 29.8 Å². The molecular formula is C25H18N4O2. The van der Waals surface area contributed by atoms with Crippen molar-refractivity contribution in [2.24, 2.45) is 0 Å². The molecule has 150 valence electrons. The standard InChI is InChI=1S/C25H18N4O2/c30-24(22-15-14-18-10-4-6-12-20(18)26-22)27-21-13-7-5-11-19(21)25-28-23(29-31-25)16-17-8-2-1-3-9-17/h1-15H,16H2,(H,27,30). The normalized spacial score (nSPS) is 10.8. The van der Waals surface area contributed by atoms with Gasteiger partial charge in [0.25, 0.3) is 11.8 Å². The number of carbonyl (C=O) groups excluding carboxylic acids is 1. The van der Waals surface area contributed by atoms with Gasteiger partial charge in [0.1, 0.15) is 5.69 Å². The van der Waals surface area contributed by atoms with Crippen molar-refractivity contribution in [2.45, 2.75) is 6.42 Å². The summed E-state index contributed by atoms with van der Waals surface area (Å²) in [7, 11) is 0. The molecule has 2 heterocycles. The smallest absolute Gasteiger partial charge is 0.274 e. The quantitative estimate of drug-likeness (QED) is 0.438. The number of para-hydroxylation sites is 2. The zero-order chi connectivity index (χ0) is 21.0. The molecule has 1 amide bonds. The molecule has 31 heavy (non-hydrogen) atoms. The molecule has 0 aliphatic heterocycles. The molecule has 0 spiro atoms. The first-order valence-electron chi connectivity index (χ1n) is 9.89. The molecule has 6 nitrogen and oxygen atoms in total. The maximum atomic E-state index is 12.8. The van der Waals surface area contributed by atoms with Gasteiger partial charge in [0.05, 0.1) is 16.8 Å². The van der Waals surface area contributed by atoms with Crippen molar-refractivity contribution in [2.75, 3.05) is 5.32 Å². The highest BCUT2D eigenvalue weighted by Crippen LogP contribution is 2.27. The number of fused-ring (bicyclic) bond motifs is 1. The summed E-state index contributed by atoms with van der Waals surface area (Å²) in [5, 5.41) is 7.99. The van der Waals surface area contributed by atoms with Crippen molar-refractivity contribution in [3.63, 3.8) is 0 Å². The minimum absolute atomic E-state index is 0.303. The number of nitrogens with zero attached hydrogens (tertiary/aromatic N) is 3. The van der Waals surface area contributed by atoms with Gasteiger partial charge < -0.3 is 9.84 Å². The Labute approximate surface area is 178 Å². The molecule has 0 aliphatic carbocycles. The van der Waals surface area contributed by atoms with Gasteiger partial charge in [-0.15, -0.1) is 0 Å². The van der Waals surface area contributed by atoms with E-state index in [9.17, 15) is 4.79 Å². The van der Waals surface area contributed by atoms with Crippen LogP contribution in [0.2, 0.25) is 0 Å². The van der Waals surface area contributed by atoms with E-state index < -0.39 is 0 Å². The average Bonchev–Trinajstić information content (AvgIpc) is 3.28. The number of benzene rings is 3. The summed E-state index contributed by atoms with van der Waals surface area (Å²) < 4.78 is 5.48. The second-order valence-corrected chi connectivity index (χ2v) is 7.07. The summed E-state index contributed by atoms with van der Waals surface area (Å²) in [5.41, 5.74) is 3.44. The van der Waals surface area contributed by atoms with Gasteiger partial charge in [-0.25, -0.2) is 4.98 Å². The van der Waals surface area contributed by atoms with E-state index in [0.29, 0.717) is 35.1 Å². The van der Waals surface area contributed by atoms with Crippen LogP contribution >= 0.6 is 0 Å². The number of nitrogens with one attached hydrogen (secondary N) is 1. The van der Waals surface area contributed by atoms with Crippen molar-refractivity contribution in [1.82, 2.24) is 15.1 Å². The largest absolute Gasteiger partial charge is 0.334 e. The van der Waals surface area contributed by atoms with Crippen molar-refractivity contribution in [1.29, 1.82) is 0 Å². The first kappa shape index (κ1) is 18.7. The summed E-state index contributed by atoms with van der Waals surface area (Å²) in [4.78, 5) is 21.8. The van der Waals surface area contributed by atoms with Crippen molar-refractivity contribution in [3.05, 3.63) is 108 Å². The summed E-state index contributed by atoms with van der Waals surface area (Å²) >= 11 is 0. The Bertz CT molecular complexity index is 1360. The third-order valence-corrected chi connectivity index (χ3v) is 4.91. The van der Waals surface area contributed by atoms with E-state index in [2.05, 4.69) is 20.4 Å². The molecular weight excluding hydrogens is 388 g/mol. The van der Waals surface area contributed by atoms with Gasteiger partial charge in [0, 0.05) is 11.8 Å². The second kappa shape index (κ2) is 8.20. The molecule has 0 fully saturated rings. The molecule has 2 aromatic heterocycles. The van der Waals surface area contributed by atoms with Crippen LogP contribution in [0.4, 0.5) is 5.69 Å². The minimum atomic E-state index is -0.303. The molecule has 5 rings (SSSR count). The molecule has 0 unspecified atom stereocenters. The Morgan fingerprint density at radius 1 is 0.806 bits per heavy atom. The van der Waals surface area contributed by atoms with Crippen LogP contribution in [-0.4, -0.2) is 21.0 Å². The lowest BCUT2D eigenvalue weighted by molar-refractivity contribution is 0.102. The van der Waals surface area contributed by atoms with Crippen LogP contribution in [0.1, 0.15) is 21.9 Å². The van der Waals surface area contributed by atoms with Crippen molar-refractivity contribution >= 4 is 22.5 Å². The Hall–Kier alpha value is -4.32. The van der Waals surface area contributed by atoms with Gasteiger partial charge in [-0.2, -0.15) is 4.98 Å².